The molecule has 0 amide bonds. The molecule has 0 saturated carbocycles. The molecule has 1 aliphatic heterocycles. The molecule has 1 aliphatic rings. The Morgan fingerprint density at radius 3 is 2.53 bits per heavy atom. The molecule has 0 radical (unpaired) electrons. The van der Waals surface area contributed by atoms with E-state index in [4.69, 9.17) is 11.6 Å². The van der Waals surface area contributed by atoms with Crippen LogP contribution in [0.5, 0.6) is 0 Å². The van der Waals surface area contributed by atoms with Gasteiger partial charge in [-0.25, -0.2) is 8.42 Å². The SMILES string of the molecule is CN(C1CNC1)S(=O)(=O)c1c(Cl)cnn1C.Cl. The maximum atomic E-state index is 12.2. The Morgan fingerprint density at radius 2 is 2.18 bits per heavy atom. The standard InChI is InChI=1S/C8H13ClN4O2S.ClH/c1-12-8(7(9)5-11-12)16(14,15)13(2)6-3-10-4-6;/h5-6,10H,3-4H2,1-2H3;1H. The van der Waals surface area contributed by atoms with Crippen molar-refractivity contribution in [2.75, 3.05) is 20.1 Å². The minimum absolute atomic E-state index is 0. The monoisotopic (exact) mass is 300 g/mol. The van der Waals surface area contributed by atoms with Crippen molar-refractivity contribution >= 4 is 34.0 Å². The normalized spacial score (nSPS) is 16.7. The Morgan fingerprint density at radius 1 is 1.59 bits per heavy atom. The average Bonchev–Trinajstić information content (AvgIpc) is 2.43. The summed E-state index contributed by atoms with van der Waals surface area (Å²) in [5.74, 6) is 0. The molecule has 0 atom stereocenters. The van der Waals surface area contributed by atoms with Crippen molar-refractivity contribution in [3.63, 3.8) is 0 Å². The first-order valence-corrected chi connectivity index (χ1v) is 6.62. The highest BCUT2D eigenvalue weighted by atomic mass is 35.5. The van der Waals surface area contributed by atoms with Gasteiger partial charge in [-0.3, -0.25) is 4.68 Å². The summed E-state index contributed by atoms with van der Waals surface area (Å²) in [6, 6.07) is -0.00373. The van der Waals surface area contributed by atoms with Crippen LogP contribution in [0, 0.1) is 0 Å². The quantitative estimate of drug-likeness (QED) is 0.859. The fourth-order valence-electron chi connectivity index (χ4n) is 1.55. The number of hydrogen-bond acceptors (Lipinski definition) is 4. The van der Waals surface area contributed by atoms with E-state index in [-0.39, 0.29) is 28.5 Å². The number of nitrogens with one attached hydrogen (secondary N) is 1. The van der Waals surface area contributed by atoms with Gasteiger partial charge in [-0.15, -0.1) is 12.4 Å². The number of sulfonamides is 1. The number of aryl methyl sites for hydroxylation is 1. The summed E-state index contributed by atoms with van der Waals surface area (Å²) >= 11 is 5.83. The molecule has 2 rings (SSSR count). The number of nitrogens with zero attached hydrogens (tertiary/aromatic N) is 3. The summed E-state index contributed by atoms with van der Waals surface area (Å²) in [5.41, 5.74) is 0. The van der Waals surface area contributed by atoms with Crippen molar-refractivity contribution in [1.29, 1.82) is 0 Å². The van der Waals surface area contributed by atoms with Crippen molar-refractivity contribution in [3.8, 4) is 0 Å². The highest BCUT2D eigenvalue weighted by molar-refractivity contribution is 7.89. The molecule has 98 valence electrons. The van der Waals surface area contributed by atoms with Crippen molar-refractivity contribution in [2.24, 2.45) is 7.05 Å². The van der Waals surface area contributed by atoms with Crippen molar-refractivity contribution in [2.45, 2.75) is 11.1 Å². The largest absolute Gasteiger partial charge is 0.313 e. The third kappa shape index (κ3) is 2.43. The van der Waals surface area contributed by atoms with E-state index >= 15 is 0 Å². The summed E-state index contributed by atoms with van der Waals surface area (Å²) < 4.78 is 27.1. The van der Waals surface area contributed by atoms with E-state index in [9.17, 15) is 8.42 Å². The predicted molar refractivity (Wildman–Crippen MR) is 67.1 cm³/mol. The molecular weight excluding hydrogens is 287 g/mol. The van der Waals surface area contributed by atoms with Gasteiger partial charge >= 0.3 is 0 Å². The van der Waals surface area contributed by atoms with Gasteiger partial charge in [0.05, 0.1) is 11.2 Å². The van der Waals surface area contributed by atoms with Crippen LogP contribution >= 0.6 is 24.0 Å². The lowest BCUT2D eigenvalue weighted by atomic mass is 10.2. The first-order chi connectivity index (χ1) is 7.44. The number of halogens is 2. The second-order valence-corrected chi connectivity index (χ2v) is 6.07. The van der Waals surface area contributed by atoms with Crippen LogP contribution in [-0.4, -0.2) is 48.7 Å². The zero-order valence-corrected chi connectivity index (χ0v) is 11.8. The molecule has 9 heteroatoms. The van der Waals surface area contributed by atoms with E-state index in [0.717, 1.165) is 0 Å². The number of aromatic nitrogens is 2. The predicted octanol–water partition coefficient (Wildman–Crippen LogP) is 0.0876. The number of rotatable bonds is 3. The summed E-state index contributed by atoms with van der Waals surface area (Å²) in [6.45, 7) is 1.34. The van der Waals surface area contributed by atoms with E-state index in [1.807, 2.05) is 0 Å². The lowest BCUT2D eigenvalue weighted by molar-refractivity contribution is 0.272. The fraction of sp³-hybridized carbons (Fsp3) is 0.625. The lowest BCUT2D eigenvalue weighted by Gasteiger charge is -2.34. The topological polar surface area (TPSA) is 67.2 Å². The molecule has 1 N–H and O–H groups in total. The highest BCUT2D eigenvalue weighted by Gasteiger charge is 2.34. The van der Waals surface area contributed by atoms with Crippen molar-refractivity contribution in [1.82, 2.24) is 19.4 Å². The molecular formula is C8H14Cl2N4O2S. The molecule has 1 aromatic rings. The van der Waals surface area contributed by atoms with Crippen molar-refractivity contribution in [3.05, 3.63) is 11.2 Å². The maximum absolute atomic E-state index is 12.2. The van der Waals surface area contributed by atoms with Gasteiger partial charge in [-0.2, -0.15) is 9.40 Å². The maximum Gasteiger partial charge on any atom is 0.261 e. The minimum Gasteiger partial charge on any atom is -0.313 e. The molecule has 1 aromatic heterocycles. The third-order valence-electron chi connectivity index (χ3n) is 2.74. The second kappa shape index (κ2) is 5.11. The number of hydrogen-bond donors (Lipinski definition) is 1. The van der Waals surface area contributed by atoms with E-state index in [1.165, 1.54) is 15.2 Å². The van der Waals surface area contributed by atoms with Gasteiger partial charge in [0.2, 0.25) is 0 Å². The fourth-order valence-corrected chi connectivity index (χ4v) is 3.51. The molecule has 1 fully saturated rings. The highest BCUT2D eigenvalue weighted by Crippen LogP contribution is 2.24. The molecule has 1 saturated heterocycles. The van der Waals surface area contributed by atoms with Gasteiger partial charge in [0.1, 0.15) is 0 Å². The van der Waals surface area contributed by atoms with Crippen LogP contribution in [0.1, 0.15) is 0 Å². The van der Waals surface area contributed by atoms with Crippen LogP contribution in [-0.2, 0) is 17.1 Å². The first kappa shape index (κ1) is 14.7. The Balaban J connectivity index is 0.00000144. The van der Waals surface area contributed by atoms with Crippen LogP contribution in [0.15, 0.2) is 11.2 Å². The van der Waals surface area contributed by atoms with Gasteiger partial charge in [-0.1, -0.05) is 11.6 Å². The van der Waals surface area contributed by atoms with E-state index in [2.05, 4.69) is 10.4 Å². The third-order valence-corrected chi connectivity index (χ3v) is 5.16. The second-order valence-electron chi connectivity index (χ2n) is 3.75. The Kier molecular flexibility index (Phi) is 4.43. The summed E-state index contributed by atoms with van der Waals surface area (Å²) in [6.07, 6.45) is 1.33. The Bertz CT molecular complexity index is 478. The minimum atomic E-state index is -3.56. The first-order valence-electron chi connectivity index (χ1n) is 4.81. The molecule has 2 heterocycles. The van der Waals surface area contributed by atoms with Crippen LogP contribution in [0.3, 0.4) is 0 Å². The van der Waals surface area contributed by atoms with Gasteiger partial charge < -0.3 is 5.32 Å². The van der Waals surface area contributed by atoms with E-state index in [1.54, 1.807) is 14.1 Å². The van der Waals surface area contributed by atoms with Crippen LogP contribution < -0.4 is 5.32 Å². The summed E-state index contributed by atoms with van der Waals surface area (Å²) in [7, 11) is -0.434. The molecule has 0 bridgehead atoms. The van der Waals surface area contributed by atoms with E-state index < -0.39 is 10.0 Å². The van der Waals surface area contributed by atoms with Crippen LogP contribution in [0.2, 0.25) is 5.02 Å². The smallest absolute Gasteiger partial charge is 0.261 e. The van der Waals surface area contributed by atoms with Crippen molar-refractivity contribution < 1.29 is 8.42 Å². The molecule has 0 aliphatic carbocycles. The van der Waals surface area contributed by atoms with E-state index in [0.29, 0.717) is 13.1 Å². The zero-order chi connectivity index (χ0) is 11.9. The summed E-state index contributed by atoms with van der Waals surface area (Å²) in [5, 5.41) is 7.06. The number of likely N-dealkylation sites (N-methyl/N-ethyl adjacent to an activating group) is 1. The molecule has 0 aromatic carbocycles. The van der Waals surface area contributed by atoms with Crippen LogP contribution in [0.25, 0.3) is 0 Å². The lowest BCUT2D eigenvalue weighted by Crippen LogP contribution is -2.57. The van der Waals surface area contributed by atoms with Gasteiger partial charge in [0, 0.05) is 33.2 Å². The Labute approximate surface area is 111 Å². The average molecular weight is 301 g/mol. The Hall–Kier alpha value is -0.340. The van der Waals surface area contributed by atoms with Gasteiger partial charge in [0.15, 0.2) is 5.03 Å². The zero-order valence-electron chi connectivity index (χ0n) is 9.42. The van der Waals surface area contributed by atoms with Gasteiger partial charge in [0.25, 0.3) is 10.0 Å². The summed E-state index contributed by atoms with van der Waals surface area (Å²) in [4.78, 5) is 0. The van der Waals surface area contributed by atoms with Gasteiger partial charge in [-0.05, 0) is 0 Å². The van der Waals surface area contributed by atoms with Crippen LogP contribution in [0.4, 0.5) is 0 Å². The molecule has 6 nitrogen and oxygen atoms in total. The molecule has 0 spiro atoms. The molecule has 17 heavy (non-hydrogen) atoms. The molecule has 0 unspecified atom stereocenters.